The second-order valence-corrected chi connectivity index (χ2v) is 36.4. The second kappa shape index (κ2) is 79.9. The Hall–Kier alpha value is -1.94. The molecule has 0 aliphatic carbocycles. The topological polar surface area (TPSA) is 237 Å². The van der Waals surface area contributed by atoms with E-state index in [0.717, 1.165) is 114 Å². The molecule has 3 N–H and O–H groups in total. The lowest BCUT2D eigenvalue weighted by Crippen LogP contribution is -2.30. The van der Waals surface area contributed by atoms with Gasteiger partial charge in [0.15, 0.2) is 12.2 Å². The molecule has 17 nitrogen and oxygen atoms in total. The van der Waals surface area contributed by atoms with Gasteiger partial charge in [-0.15, -0.1) is 0 Å². The Labute approximate surface area is 670 Å². The molecule has 109 heavy (non-hydrogen) atoms. The molecule has 0 aliphatic rings. The number of carbonyl (C=O) groups excluding carboxylic acids is 4. The van der Waals surface area contributed by atoms with Crippen molar-refractivity contribution in [1.29, 1.82) is 0 Å². The smallest absolute Gasteiger partial charge is 0.462 e. The van der Waals surface area contributed by atoms with Crippen LogP contribution in [0.25, 0.3) is 0 Å². The van der Waals surface area contributed by atoms with Crippen molar-refractivity contribution in [3.63, 3.8) is 0 Å². The molecule has 0 saturated carbocycles. The van der Waals surface area contributed by atoms with Gasteiger partial charge in [-0.25, -0.2) is 9.13 Å². The number of phosphoric acid groups is 2. The Morgan fingerprint density at radius 1 is 0.266 bits per heavy atom. The number of hydrogen-bond acceptors (Lipinski definition) is 15. The number of ether oxygens (including phenoxy) is 4. The van der Waals surface area contributed by atoms with Gasteiger partial charge < -0.3 is 33.8 Å². The molecule has 0 aromatic heterocycles. The van der Waals surface area contributed by atoms with Crippen LogP contribution in [0.3, 0.4) is 0 Å². The van der Waals surface area contributed by atoms with Crippen molar-refractivity contribution in [3.8, 4) is 0 Å². The highest BCUT2D eigenvalue weighted by Crippen LogP contribution is 2.45. The lowest BCUT2D eigenvalue weighted by atomic mass is 10.00. The quantitative estimate of drug-likeness (QED) is 0.0222. The number of carbonyl (C=O) groups is 4. The summed E-state index contributed by atoms with van der Waals surface area (Å²) in [4.78, 5) is 73.4. The van der Waals surface area contributed by atoms with E-state index in [2.05, 4.69) is 48.5 Å². The number of phosphoric ester groups is 2. The monoisotopic (exact) mass is 1590 g/mol. The standard InChI is InChI=1S/C90H176O17P2/c1-8-10-11-12-13-14-15-16-17-18-19-23-30-35-40-45-50-60-67-74-90(95)107-86(78-101-88(93)72-65-58-53-52-56-63-70-83(7)9-2)80-105-109(98,99)103-76-84(91)75-102-108(96,97)104-79-85(77-100-87(92)71-64-57-49-44-39-34-29-26-25-28-33-38-43-48-55-62-69-82(5)6)106-89(94)73-66-59-51-46-41-36-31-24-21-20-22-27-32-37-42-47-54-61-68-81(3)4/h81-86,91H,8-80H2,1-7H3,(H,96,97)(H,98,99)/t83?,84-,85-,86-/m1/s1. The summed E-state index contributed by atoms with van der Waals surface area (Å²) in [6, 6.07) is 0. The van der Waals surface area contributed by atoms with E-state index in [4.69, 9.17) is 37.0 Å². The molecule has 6 atom stereocenters. The third kappa shape index (κ3) is 82.4. The van der Waals surface area contributed by atoms with Crippen molar-refractivity contribution in [1.82, 2.24) is 0 Å². The molecule has 19 heteroatoms. The molecule has 0 aliphatic heterocycles. The maximum atomic E-state index is 13.2. The van der Waals surface area contributed by atoms with E-state index in [0.29, 0.717) is 25.7 Å². The van der Waals surface area contributed by atoms with Crippen LogP contribution in [-0.4, -0.2) is 96.7 Å². The van der Waals surface area contributed by atoms with Gasteiger partial charge >= 0.3 is 39.5 Å². The third-order valence-corrected chi connectivity index (χ3v) is 23.4. The average molecular weight is 1590 g/mol. The molecule has 0 bridgehead atoms. The molecule has 3 unspecified atom stereocenters. The van der Waals surface area contributed by atoms with Gasteiger partial charge in [0, 0.05) is 25.7 Å². The van der Waals surface area contributed by atoms with Crippen LogP contribution < -0.4 is 0 Å². The summed E-state index contributed by atoms with van der Waals surface area (Å²) in [7, 11) is -9.93. The van der Waals surface area contributed by atoms with Gasteiger partial charge in [0.2, 0.25) is 0 Å². The number of aliphatic hydroxyl groups is 1. The first-order valence-electron chi connectivity index (χ1n) is 46.4. The van der Waals surface area contributed by atoms with Crippen LogP contribution in [0, 0.1) is 17.8 Å². The van der Waals surface area contributed by atoms with E-state index in [1.54, 1.807) is 0 Å². The van der Waals surface area contributed by atoms with Crippen LogP contribution in [-0.2, 0) is 65.4 Å². The summed E-state index contributed by atoms with van der Waals surface area (Å²) in [6.07, 6.45) is 72.4. The van der Waals surface area contributed by atoms with E-state index in [9.17, 15) is 43.2 Å². The normalized spacial score (nSPS) is 14.1. The molecular formula is C90H176O17P2. The van der Waals surface area contributed by atoms with E-state index in [1.807, 2.05) is 0 Å². The van der Waals surface area contributed by atoms with Crippen molar-refractivity contribution < 1.29 is 80.2 Å². The lowest BCUT2D eigenvalue weighted by molar-refractivity contribution is -0.161. The van der Waals surface area contributed by atoms with Crippen LogP contribution in [0.5, 0.6) is 0 Å². The lowest BCUT2D eigenvalue weighted by Gasteiger charge is -2.21. The van der Waals surface area contributed by atoms with Crippen LogP contribution in [0.1, 0.15) is 479 Å². The number of esters is 4. The predicted octanol–water partition coefficient (Wildman–Crippen LogP) is 27.6. The molecule has 0 amide bonds. The number of unbranched alkanes of at least 4 members (excludes halogenated alkanes) is 55. The SMILES string of the molecule is CCCCCCCCCCCCCCCCCCCCCC(=O)O[C@H](COC(=O)CCCCCCCCC(C)CC)COP(=O)(O)OC[C@H](O)COP(=O)(O)OC[C@@H](COC(=O)CCCCCCCCCCCCCCCCCCC(C)C)OC(=O)CCCCCCCCCCCCCCCCCCCCC(C)C. The molecule has 0 radical (unpaired) electrons. The highest BCUT2D eigenvalue weighted by Gasteiger charge is 2.31. The van der Waals surface area contributed by atoms with Crippen molar-refractivity contribution in [2.24, 2.45) is 17.8 Å². The molecule has 0 aromatic rings. The first kappa shape index (κ1) is 107. The van der Waals surface area contributed by atoms with E-state index in [-0.39, 0.29) is 25.7 Å². The number of aliphatic hydroxyl groups excluding tert-OH is 1. The maximum absolute atomic E-state index is 13.2. The fourth-order valence-corrected chi connectivity index (χ4v) is 15.6. The maximum Gasteiger partial charge on any atom is 0.472 e. The van der Waals surface area contributed by atoms with Gasteiger partial charge in [0.05, 0.1) is 26.4 Å². The largest absolute Gasteiger partial charge is 0.472 e. The molecule has 0 rings (SSSR count). The zero-order valence-corrected chi connectivity index (χ0v) is 73.8. The van der Waals surface area contributed by atoms with Gasteiger partial charge in [-0.1, -0.05) is 427 Å². The van der Waals surface area contributed by atoms with Gasteiger partial charge in [-0.3, -0.25) is 37.3 Å². The first-order chi connectivity index (χ1) is 52.8. The van der Waals surface area contributed by atoms with Gasteiger partial charge in [0.25, 0.3) is 0 Å². The minimum Gasteiger partial charge on any atom is -0.462 e. The third-order valence-electron chi connectivity index (χ3n) is 21.5. The van der Waals surface area contributed by atoms with Crippen molar-refractivity contribution in [2.75, 3.05) is 39.6 Å². The molecule has 0 aromatic carbocycles. The summed E-state index contributed by atoms with van der Waals surface area (Å²) >= 11 is 0. The van der Waals surface area contributed by atoms with Crippen molar-refractivity contribution >= 4 is 39.5 Å². The first-order valence-corrected chi connectivity index (χ1v) is 49.4. The predicted molar refractivity (Wildman–Crippen MR) is 451 cm³/mol. The van der Waals surface area contributed by atoms with Crippen LogP contribution in [0.4, 0.5) is 0 Å². The highest BCUT2D eigenvalue weighted by atomic mass is 31.2. The number of hydrogen-bond donors (Lipinski definition) is 3. The molecule has 0 saturated heterocycles. The number of rotatable bonds is 88. The summed E-state index contributed by atoms with van der Waals surface area (Å²) in [5, 5.41) is 10.7. The second-order valence-electron chi connectivity index (χ2n) is 33.5. The fraction of sp³-hybridized carbons (Fsp3) is 0.956. The zero-order chi connectivity index (χ0) is 80.0. The van der Waals surface area contributed by atoms with Crippen LogP contribution in [0.15, 0.2) is 0 Å². The van der Waals surface area contributed by atoms with Crippen LogP contribution >= 0.6 is 15.6 Å². The van der Waals surface area contributed by atoms with Crippen molar-refractivity contribution in [3.05, 3.63) is 0 Å². The Kier molecular flexibility index (Phi) is 78.5. The van der Waals surface area contributed by atoms with Gasteiger partial charge in [-0.05, 0) is 43.4 Å². The van der Waals surface area contributed by atoms with Crippen LogP contribution in [0.2, 0.25) is 0 Å². The summed E-state index contributed by atoms with van der Waals surface area (Å²) in [6.45, 7) is 12.0. The summed E-state index contributed by atoms with van der Waals surface area (Å²) in [5.74, 6) is 0.263. The fourth-order valence-electron chi connectivity index (χ4n) is 14.0. The molecular weight excluding hydrogens is 1410 g/mol. The Balaban J connectivity index is 5.22. The Bertz CT molecular complexity index is 2100. The van der Waals surface area contributed by atoms with E-state index in [1.165, 1.54) is 283 Å². The minimum absolute atomic E-state index is 0.108. The zero-order valence-electron chi connectivity index (χ0n) is 72.0. The Morgan fingerprint density at radius 3 is 0.697 bits per heavy atom. The summed E-state index contributed by atoms with van der Waals surface area (Å²) in [5.41, 5.74) is 0. The molecule has 0 fully saturated rings. The van der Waals surface area contributed by atoms with E-state index < -0.39 is 97.5 Å². The van der Waals surface area contributed by atoms with Gasteiger partial charge in [0.1, 0.15) is 19.3 Å². The molecule has 0 spiro atoms. The molecule has 648 valence electrons. The Morgan fingerprint density at radius 2 is 0.468 bits per heavy atom. The highest BCUT2D eigenvalue weighted by molar-refractivity contribution is 7.47. The molecule has 0 heterocycles. The van der Waals surface area contributed by atoms with Gasteiger partial charge in [-0.2, -0.15) is 0 Å². The van der Waals surface area contributed by atoms with Crippen molar-refractivity contribution in [2.45, 2.75) is 497 Å². The average Bonchev–Trinajstić information content (AvgIpc) is 0.898. The minimum atomic E-state index is -4.97. The van der Waals surface area contributed by atoms with E-state index >= 15 is 0 Å². The summed E-state index contributed by atoms with van der Waals surface area (Å²) < 4.78 is 69.0.